The van der Waals surface area contributed by atoms with Gasteiger partial charge in [0.05, 0.1) is 17.4 Å². The zero-order valence-corrected chi connectivity index (χ0v) is 18.4. The van der Waals surface area contributed by atoms with Gasteiger partial charge < -0.3 is 5.11 Å². The molecule has 1 aromatic heterocycles. The van der Waals surface area contributed by atoms with E-state index in [9.17, 15) is 18.8 Å². The number of para-hydroxylation sites is 1. The van der Waals surface area contributed by atoms with Crippen LogP contribution in [0.3, 0.4) is 0 Å². The molecule has 4 aromatic rings. The number of aliphatic hydroxyl groups excluding tert-OH is 1. The summed E-state index contributed by atoms with van der Waals surface area (Å²) in [5.74, 6) is -0.722. The van der Waals surface area contributed by atoms with E-state index in [1.54, 1.807) is 47.0 Å². The number of aliphatic hydroxyl groups is 1. The van der Waals surface area contributed by atoms with E-state index >= 15 is 0 Å². The average molecular weight is 458 g/mol. The maximum Gasteiger partial charge on any atom is 0.331 e. The fourth-order valence-corrected chi connectivity index (χ4v) is 3.77. The van der Waals surface area contributed by atoms with E-state index in [0.717, 1.165) is 16.7 Å². The van der Waals surface area contributed by atoms with Gasteiger partial charge in [0, 0.05) is 6.54 Å². The molecule has 0 fully saturated rings. The van der Waals surface area contributed by atoms with Crippen molar-refractivity contribution in [3.8, 4) is 0 Å². The number of benzene rings is 3. The second-order valence-electron chi connectivity index (χ2n) is 7.92. The van der Waals surface area contributed by atoms with E-state index in [4.69, 9.17) is 5.11 Å². The quantitative estimate of drug-likeness (QED) is 0.411. The van der Waals surface area contributed by atoms with Crippen LogP contribution in [0, 0.1) is 5.82 Å². The average Bonchev–Trinajstić information content (AvgIpc) is 2.86. The van der Waals surface area contributed by atoms with Crippen LogP contribution in [0.1, 0.15) is 16.7 Å². The van der Waals surface area contributed by atoms with Gasteiger partial charge in [-0.1, -0.05) is 54.6 Å². The molecular weight excluding hydrogens is 435 g/mol. The van der Waals surface area contributed by atoms with Crippen molar-refractivity contribution in [2.75, 3.05) is 6.61 Å². The number of rotatable bonds is 8. The Hall–Kier alpha value is -4.10. The van der Waals surface area contributed by atoms with Crippen LogP contribution in [-0.2, 0) is 24.3 Å². The molecule has 1 N–H and O–H groups in total. The fraction of sp³-hybridized carbons (Fsp3) is 0.148. The van der Waals surface area contributed by atoms with Gasteiger partial charge in [0.2, 0.25) is 0 Å². The molecule has 0 bridgehead atoms. The number of ketones is 1. The summed E-state index contributed by atoms with van der Waals surface area (Å²) < 4.78 is 16.0. The fourth-order valence-electron chi connectivity index (χ4n) is 3.77. The second kappa shape index (κ2) is 10.2. The minimum absolute atomic E-state index is 0.177. The van der Waals surface area contributed by atoms with Crippen LogP contribution < -0.4 is 11.2 Å². The predicted molar refractivity (Wildman–Crippen MR) is 129 cm³/mol. The number of hydrogen-bond acceptors (Lipinski definition) is 4. The smallest absolute Gasteiger partial charge is 0.331 e. The third-order valence-electron chi connectivity index (χ3n) is 5.61. The van der Waals surface area contributed by atoms with Crippen molar-refractivity contribution < 1.29 is 14.3 Å². The Balaban J connectivity index is 1.67. The van der Waals surface area contributed by atoms with Gasteiger partial charge in [-0.3, -0.25) is 18.7 Å². The Morgan fingerprint density at radius 3 is 2.26 bits per heavy atom. The Kier molecular flexibility index (Phi) is 6.94. The van der Waals surface area contributed by atoms with Gasteiger partial charge in [-0.2, -0.15) is 0 Å². The number of aryl methyl sites for hydroxylation is 1. The van der Waals surface area contributed by atoms with Crippen molar-refractivity contribution in [2.24, 2.45) is 0 Å². The molecule has 1 heterocycles. The molecule has 0 aliphatic rings. The van der Waals surface area contributed by atoms with E-state index in [1.807, 2.05) is 24.3 Å². The number of fused-ring (bicyclic) bond motifs is 1. The van der Waals surface area contributed by atoms with E-state index in [1.165, 1.54) is 22.8 Å². The summed E-state index contributed by atoms with van der Waals surface area (Å²) in [4.78, 5) is 37.7. The lowest BCUT2D eigenvalue weighted by Crippen LogP contribution is -2.40. The molecule has 0 saturated heterocycles. The molecule has 7 heteroatoms. The molecule has 34 heavy (non-hydrogen) atoms. The highest BCUT2D eigenvalue weighted by molar-refractivity contribution is 5.94. The Bertz CT molecular complexity index is 1470. The maximum absolute atomic E-state index is 13.4. The van der Waals surface area contributed by atoms with Crippen LogP contribution in [0.15, 0.2) is 88.5 Å². The Morgan fingerprint density at radius 1 is 0.882 bits per heavy atom. The number of carbonyl (C=O) groups is 1. The molecule has 0 unspecified atom stereocenters. The summed E-state index contributed by atoms with van der Waals surface area (Å²) >= 11 is 0. The van der Waals surface area contributed by atoms with Crippen LogP contribution in [0.25, 0.3) is 17.0 Å². The molecule has 3 aromatic carbocycles. The van der Waals surface area contributed by atoms with Gasteiger partial charge in [-0.05, 0) is 53.5 Å². The molecule has 0 saturated carbocycles. The molecular formula is C27H23FN2O4. The van der Waals surface area contributed by atoms with E-state index < -0.39 is 12.3 Å². The zero-order valence-electron chi connectivity index (χ0n) is 18.4. The lowest BCUT2D eigenvalue weighted by molar-refractivity contribution is -0.117. The molecule has 4 rings (SSSR count). The van der Waals surface area contributed by atoms with Crippen LogP contribution >= 0.6 is 0 Å². The minimum atomic E-state index is -0.540. The van der Waals surface area contributed by atoms with E-state index in [-0.39, 0.29) is 30.2 Å². The molecule has 6 nitrogen and oxygen atoms in total. The van der Waals surface area contributed by atoms with Crippen molar-refractivity contribution in [3.05, 3.63) is 122 Å². The first-order valence-corrected chi connectivity index (χ1v) is 10.8. The van der Waals surface area contributed by atoms with E-state index in [0.29, 0.717) is 17.3 Å². The molecule has 0 amide bonds. The third-order valence-corrected chi connectivity index (χ3v) is 5.61. The summed E-state index contributed by atoms with van der Waals surface area (Å²) in [6.07, 6.45) is 3.34. The summed E-state index contributed by atoms with van der Waals surface area (Å²) in [6.45, 7) is -0.103. The Morgan fingerprint density at radius 2 is 1.56 bits per heavy atom. The van der Waals surface area contributed by atoms with Crippen molar-refractivity contribution in [2.45, 2.75) is 19.5 Å². The lowest BCUT2D eigenvalue weighted by Gasteiger charge is -2.14. The molecule has 172 valence electrons. The number of halogens is 1. The lowest BCUT2D eigenvalue weighted by atomic mass is 10.1. The molecule has 0 spiro atoms. The van der Waals surface area contributed by atoms with Gasteiger partial charge in [0.25, 0.3) is 5.56 Å². The molecule has 0 radical (unpaired) electrons. The van der Waals surface area contributed by atoms with Gasteiger partial charge in [0.15, 0.2) is 5.78 Å². The number of aromatic nitrogens is 2. The Labute approximate surface area is 194 Å². The second-order valence-corrected chi connectivity index (χ2v) is 7.92. The van der Waals surface area contributed by atoms with Crippen molar-refractivity contribution in [1.82, 2.24) is 9.13 Å². The standard InChI is InChI=1S/C27H23FN2O4/c28-22-12-9-20(10-13-22)15-16-29-26(33)24-3-1-2-4-25(24)30(27(29)34)17-21-7-5-19(6-8-21)11-14-23(32)18-31/h1-14,31H,15-18H2/b14-11+. The predicted octanol–water partition coefficient (Wildman–Crippen LogP) is 3.17. The summed E-state index contributed by atoms with van der Waals surface area (Å²) in [6, 6.07) is 20.3. The first-order chi connectivity index (χ1) is 16.5. The van der Waals surface area contributed by atoms with Crippen molar-refractivity contribution >= 4 is 22.8 Å². The normalized spacial score (nSPS) is 11.4. The minimum Gasteiger partial charge on any atom is -0.388 e. The summed E-state index contributed by atoms with van der Waals surface area (Å²) in [7, 11) is 0. The number of carbonyl (C=O) groups excluding carboxylic acids is 1. The maximum atomic E-state index is 13.4. The third kappa shape index (κ3) is 5.10. The van der Waals surface area contributed by atoms with Crippen molar-refractivity contribution in [3.63, 3.8) is 0 Å². The van der Waals surface area contributed by atoms with Gasteiger partial charge in [-0.25, -0.2) is 9.18 Å². The van der Waals surface area contributed by atoms with Gasteiger partial charge in [-0.15, -0.1) is 0 Å². The highest BCUT2D eigenvalue weighted by Crippen LogP contribution is 2.13. The van der Waals surface area contributed by atoms with Gasteiger partial charge in [0.1, 0.15) is 12.4 Å². The van der Waals surface area contributed by atoms with Crippen LogP contribution in [0.5, 0.6) is 0 Å². The summed E-state index contributed by atoms with van der Waals surface area (Å²) in [5.41, 5.74) is 2.24. The molecule has 0 aliphatic heterocycles. The van der Waals surface area contributed by atoms with Crippen LogP contribution in [0.2, 0.25) is 0 Å². The SMILES string of the molecule is O=C(/C=C/c1ccc(Cn2c(=O)n(CCc3ccc(F)cc3)c(=O)c3ccccc32)cc1)CO. The first-order valence-electron chi connectivity index (χ1n) is 10.8. The number of nitrogens with zero attached hydrogens (tertiary/aromatic N) is 2. The van der Waals surface area contributed by atoms with Gasteiger partial charge >= 0.3 is 5.69 Å². The van der Waals surface area contributed by atoms with Crippen molar-refractivity contribution in [1.29, 1.82) is 0 Å². The highest BCUT2D eigenvalue weighted by Gasteiger charge is 2.13. The van der Waals surface area contributed by atoms with E-state index in [2.05, 4.69) is 0 Å². The first kappa shape index (κ1) is 23.1. The monoisotopic (exact) mass is 458 g/mol. The van der Waals surface area contributed by atoms with Crippen LogP contribution in [-0.4, -0.2) is 26.6 Å². The van der Waals surface area contributed by atoms with Crippen LogP contribution in [0.4, 0.5) is 4.39 Å². The largest absolute Gasteiger partial charge is 0.388 e. The highest BCUT2D eigenvalue weighted by atomic mass is 19.1. The number of hydrogen-bond donors (Lipinski definition) is 1. The molecule has 0 atom stereocenters. The molecule has 0 aliphatic carbocycles. The zero-order chi connectivity index (χ0) is 24.1. The summed E-state index contributed by atoms with van der Waals surface area (Å²) in [5, 5.41) is 9.26. The topological polar surface area (TPSA) is 81.3 Å².